The zero-order valence-corrected chi connectivity index (χ0v) is 5.42. The van der Waals surface area contributed by atoms with Crippen molar-refractivity contribution in [2.45, 2.75) is 6.68 Å². The Morgan fingerprint density at radius 3 is 1.73 bits per heavy atom. The molecule has 0 unspecified atom stereocenters. The predicted octanol–water partition coefficient (Wildman–Crippen LogP) is 1.24. The van der Waals surface area contributed by atoms with Crippen LogP contribution in [0.1, 0.15) is 0 Å². The van der Waals surface area contributed by atoms with Gasteiger partial charge in [-0.3, -0.25) is 0 Å². The summed E-state index contributed by atoms with van der Waals surface area (Å²) in [6.45, 7) is -3.67. The second kappa shape index (κ2) is 5.45. The van der Waals surface area contributed by atoms with E-state index < -0.39 is 6.68 Å². The Bertz CT molecular complexity index is 177. The van der Waals surface area contributed by atoms with Gasteiger partial charge in [0.25, 0.3) is 0 Å². The molecule has 0 aliphatic rings. The summed E-state index contributed by atoms with van der Waals surface area (Å²) in [5.74, 6) is 0.322. The van der Waals surface area contributed by atoms with Crippen molar-refractivity contribution in [2.24, 2.45) is 0 Å². The van der Waals surface area contributed by atoms with Gasteiger partial charge in [0.05, 0.1) is 0 Å². The highest BCUT2D eigenvalue weighted by molar-refractivity contribution is 5.11. The lowest BCUT2D eigenvalue weighted by atomic mass is 10.7. The van der Waals surface area contributed by atoms with Gasteiger partial charge in [-0.15, -0.1) is 0 Å². The first kappa shape index (κ1) is 9.67. The van der Waals surface area contributed by atoms with Gasteiger partial charge in [0.15, 0.2) is 0 Å². The molecule has 1 heterocycles. The molecule has 1 aromatic rings. The van der Waals surface area contributed by atoms with Crippen LogP contribution in [-0.2, 0) is 0 Å². The highest BCUT2D eigenvalue weighted by Gasteiger charge is 1.86. The molecule has 0 saturated carbocycles. The van der Waals surface area contributed by atoms with Gasteiger partial charge in [-0.2, -0.15) is 13.2 Å². The molecule has 0 bridgehead atoms. The van der Waals surface area contributed by atoms with Crippen molar-refractivity contribution in [1.82, 2.24) is 9.97 Å². The zero-order valence-electron chi connectivity index (χ0n) is 5.42. The first-order valence-corrected chi connectivity index (χ1v) is 2.57. The van der Waals surface area contributed by atoms with Crippen LogP contribution in [0, 0.1) is 0 Å². The number of hydrogen-bond donors (Lipinski definition) is 1. The average Bonchev–Trinajstić information content (AvgIpc) is 1.87. The Labute approximate surface area is 61.1 Å². The van der Waals surface area contributed by atoms with E-state index in [2.05, 4.69) is 9.97 Å². The summed E-state index contributed by atoms with van der Waals surface area (Å²) in [5.41, 5.74) is 5.14. The number of rotatable bonds is 0. The third kappa shape index (κ3) is 8.67. The SMILES string of the molecule is FC(F)F.Nc1ncccn1. The lowest BCUT2D eigenvalue weighted by Gasteiger charge is -1.82. The molecule has 0 spiro atoms. The number of nitrogens with two attached hydrogens (primary N) is 1. The minimum absolute atomic E-state index is 0.322. The number of hydrogen-bond acceptors (Lipinski definition) is 3. The van der Waals surface area contributed by atoms with Crippen LogP contribution in [0.3, 0.4) is 0 Å². The Kier molecular flexibility index (Phi) is 4.80. The van der Waals surface area contributed by atoms with Crippen molar-refractivity contribution in [1.29, 1.82) is 0 Å². The summed E-state index contributed by atoms with van der Waals surface area (Å²) < 4.78 is 29.0. The molecule has 0 fully saturated rings. The highest BCUT2D eigenvalue weighted by atomic mass is 19.4. The van der Waals surface area contributed by atoms with E-state index in [0.29, 0.717) is 5.95 Å². The second-order valence-corrected chi connectivity index (χ2v) is 1.35. The van der Waals surface area contributed by atoms with E-state index in [-0.39, 0.29) is 0 Å². The van der Waals surface area contributed by atoms with Gasteiger partial charge in [0.1, 0.15) is 0 Å². The van der Waals surface area contributed by atoms with E-state index in [4.69, 9.17) is 5.73 Å². The number of halogens is 3. The molecule has 2 N–H and O–H groups in total. The molecule has 6 heteroatoms. The fraction of sp³-hybridized carbons (Fsp3) is 0.200. The zero-order chi connectivity index (χ0) is 8.69. The lowest BCUT2D eigenvalue weighted by molar-refractivity contribution is 0.00819. The Balaban J connectivity index is 0.000000218. The van der Waals surface area contributed by atoms with Crippen LogP contribution >= 0.6 is 0 Å². The van der Waals surface area contributed by atoms with Gasteiger partial charge in [-0.25, -0.2) is 9.97 Å². The Morgan fingerprint density at radius 2 is 1.55 bits per heavy atom. The van der Waals surface area contributed by atoms with E-state index in [9.17, 15) is 13.2 Å². The third-order valence-electron chi connectivity index (χ3n) is 0.586. The van der Waals surface area contributed by atoms with Crippen molar-refractivity contribution in [3.8, 4) is 0 Å². The number of alkyl halides is 3. The molecular formula is C5H6F3N3. The van der Waals surface area contributed by atoms with Crippen LogP contribution in [0.4, 0.5) is 19.1 Å². The van der Waals surface area contributed by atoms with Crippen molar-refractivity contribution in [3.63, 3.8) is 0 Å². The summed E-state index contributed by atoms with van der Waals surface area (Å²) >= 11 is 0. The van der Waals surface area contributed by atoms with E-state index in [1.165, 1.54) is 0 Å². The molecule has 11 heavy (non-hydrogen) atoms. The number of aromatic nitrogens is 2. The first-order valence-electron chi connectivity index (χ1n) is 2.57. The van der Waals surface area contributed by atoms with Crippen LogP contribution in [0.5, 0.6) is 0 Å². The first-order chi connectivity index (χ1) is 5.13. The van der Waals surface area contributed by atoms with Crippen molar-refractivity contribution in [2.75, 3.05) is 5.73 Å². The smallest absolute Gasteiger partial charge is 0.368 e. The molecule has 0 aliphatic carbocycles. The second-order valence-electron chi connectivity index (χ2n) is 1.35. The maximum Gasteiger partial charge on any atom is 0.379 e. The van der Waals surface area contributed by atoms with Gasteiger partial charge < -0.3 is 5.73 Å². The van der Waals surface area contributed by atoms with Crippen LogP contribution in [-0.4, -0.2) is 16.6 Å². The number of nitrogens with zero attached hydrogens (tertiary/aromatic N) is 2. The molecule has 0 amide bonds. The van der Waals surface area contributed by atoms with Gasteiger partial charge in [0, 0.05) is 12.4 Å². The maximum atomic E-state index is 9.67. The summed E-state index contributed by atoms with van der Waals surface area (Å²) in [5, 5.41) is 0. The molecule has 0 radical (unpaired) electrons. The van der Waals surface area contributed by atoms with Gasteiger partial charge in [0.2, 0.25) is 5.95 Å². The summed E-state index contributed by atoms with van der Waals surface area (Å²) in [6.07, 6.45) is 3.20. The van der Waals surface area contributed by atoms with Crippen molar-refractivity contribution >= 4 is 5.95 Å². The molecule has 1 aromatic heterocycles. The van der Waals surface area contributed by atoms with Crippen molar-refractivity contribution in [3.05, 3.63) is 18.5 Å². The molecular weight excluding hydrogens is 159 g/mol. The minimum Gasteiger partial charge on any atom is -0.368 e. The molecule has 0 aromatic carbocycles. The van der Waals surface area contributed by atoms with E-state index in [1.54, 1.807) is 18.5 Å². The van der Waals surface area contributed by atoms with Gasteiger partial charge in [-0.1, -0.05) is 0 Å². The fourth-order valence-corrected chi connectivity index (χ4v) is 0.311. The molecule has 1 rings (SSSR count). The largest absolute Gasteiger partial charge is 0.379 e. The number of anilines is 1. The molecule has 62 valence electrons. The van der Waals surface area contributed by atoms with Crippen LogP contribution in [0.25, 0.3) is 0 Å². The van der Waals surface area contributed by atoms with Crippen molar-refractivity contribution < 1.29 is 13.2 Å². The van der Waals surface area contributed by atoms with Crippen LogP contribution in [0.2, 0.25) is 0 Å². The molecule has 0 aliphatic heterocycles. The quantitative estimate of drug-likeness (QED) is 0.629. The highest BCUT2D eigenvalue weighted by Crippen LogP contribution is 1.87. The van der Waals surface area contributed by atoms with Gasteiger partial charge in [-0.05, 0) is 6.07 Å². The Hall–Kier alpha value is -1.33. The normalized spacial score (nSPS) is 8.73. The molecule has 0 saturated heterocycles. The summed E-state index contributed by atoms with van der Waals surface area (Å²) in [4.78, 5) is 7.29. The summed E-state index contributed by atoms with van der Waals surface area (Å²) in [6, 6.07) is 1.72. The topological polar surface area (TPSA) is 51.8 Å². The average molecular weight is 165 g/mol. The fourth-order valence-electron chi connectivity index (χ4n) is 0.311. The molecule has 0 atom stereocenters. The molecule has 3 nitrogen and oxygen atoms in total. The van der Waals surface area contributed by atoms with E-state index in [0.717, 1.165) is 0 Å². The Morgan fingerprint density at radius 1 is 1.18 bits per heavy atom. The van der Waals surface area contributed by atoms with E-state index in [1.807, 2.05) is 0 Å². The van der Waals surface area contributed by atoms with Gasteiger partial charge >= 0.3 is 6.68 Å². The van der Waals surface area contributed by atoms with E-state index >= 15 is 0 Å². The summed E-state index contributed by atoms with van der Waals surface area (Å²) in [7, 11) is 0. The minimum atomic E-state index is -3.67. The standard InChI is InChI=1S/C4H5N3.CHF3/c5-4-6-2-1-3-7-4;2-1(3)4/h1-3H,(H2,5,6,7);1H. The predicted molar refractivity (Wildman–Crippen MR) is 33.6 cm³/mol. The monoisotopic (exact) mass is 165 g/mol. The lowest BCUT2D eigenvalue weighted by Crippen LogP contribution is -1.90. The maximum absolute atomic E-state index is 9.67. The van der Waals surface area contributed by atoms with Crippen LogP contribution < -0.4 is 5.73 Å². The number of nitrogen functional groups attached to an aromatic ring is 1. The third-order valence-corrected chi connectivity index (χ3v) is 0.586. The van der Waals surface area contributed by atoms with Crippen LogP contribution in [0.15, 0.2) is 18.5 Å².